The number of ether oxygens (including phenoxy) is 2. The zero-order chi connectivity index (χ0) is 19.3. The highest BCUT2D eigenvalue weighted by atomic mass is 19.4. The number of morpholine rings is 1. The maximum Gasteiger partial charge on any atom is 0.573 e. The Kier molecular flexibility index (Phi) is 5.98. The smallest absolute Gasteiger partial charge is 0.406 e. The van der Waals surface area contributed by atoms with Crippen LogP contribution in [-0.2, 0) is 9.53 Å². The topological polar surface area (TPSA) is 52.0 Å². The summed E-state index contributed by atoms with van der Waals surface area (Å²) in [7, 11) is 0. The molecule has 0 bridgehead atoms. The summed E-state index contributed by atoms with van der Waals surface area (Å²) >= 11 is 0. The van der Waals surface area contributed by atoms with Gasteiger partial charge in [0.05, 0.1) is 13.2 Å². The quantitative estimate of drug-likeness (QED) is 0.835. The molecule has 144 valence electrons. The number of quaternary nitrogens is 1. The monoisotopic (exact) mass is 381 g/mol. The van der Waals surface area contributed by atoms with Gasteiger partial charge in [0.15, 0.2) is 6.04 Å². The third-order valence-electron chi connectivity index (χ3n) is 4.29. The fourth-order valence-corrected chi connectivity index (χ4v) is 3.09. The van der Waals surface area contributed by atoms with Crippen LogP contribution in [0.3, 0.4) is 0 Å². The molecule has 0 unspecified atom stereocenters. The van der Waals surface area contributed by atoms with Gasteiger partial charge in [-0.05, 0) is 24.3 Å². The van der Waals surface area contributed by atoms with Crippen molar-refractivity contribution in [2.24, 2.45) is 0 Å². The molecule has 0 aromatic heterocycles. The molecule has 5 nitrogen and oxygen atoms in total. The lowest BCUT2D eigenvalue weighted by atomic mass is 10.0. The van der Waals surface area contributed by atoms with E-state index < -0.39 is 12.4 Å². The molecule has 1 atom stereocenters. The number of hydrogen-bond donors (Lipinski definition) is 2. The summed E-state index contributed by atoms with van der Waals surface area (Å²) in [5, 5.41) is 2.79. The van der Waals surface area contributed by atoms with Crippen molar-refractivity contribution >= 4 is 11.6 Å². The number of hydrogen-bond acceptors (Lipinski definition) is 3. The third-order valence-corrected chi connectivity index (χ3v) is 4.29. The second-order valence-corrected chi connectivity index (χ2v) is 6.18. The molecule has 3 rings (SSSR count). The Hall–Kier alpha value is -2.58. The highest BCUT2D eigenvalue weighted by Gasteiger charge is 2.33. The maximum absolute atomic E-state index is 12.9. The number of carbonyl (C=O) groups is 1. The van der Waals surface area contributed by atoms with Gasteiger partial charge in [0.1, 0.15) is 18.8 Å². The van der Waals surface area contributed by atoms with Crippen molar-refractivity contribution < 1.29 is 32.3 Å². The van der Waals surface area contributed by atoms with Crippen LogP contribution in [0.4, 0.5) is 18.9 Å². The van der Waals surface area contributed by atoms with Gasteiger partial charge in [-0.15, -0.1) is 13.2 Å². The van der Waals surface area contributed by atoms with Crippen molar-refractivity contribution in [1.29, 1.82) is 0 Å². The van der Waals surface area contributed by atoms with Gasteiger partial charge in [0.2, 0.25) is 0 Å². The van der Waals surface area contributed by atoms with Crippen LogP contribution in [0.15, 0.2) is 54.6 Å². The minimum Gasteiger partial charge on any atom is -0.406 e. The number of amides is 1. The molecular formula is C19H20F3N2O3+. The minimum absolute atomic E-state index is 0.220. The highest BCUT2D eigenvalue weighted by Crippen LogP contribution is 2.24. The molecule has 1 fully saturated rings. The van der Waals surface area contributed by atoms with E-state index in [0.29, 0.717) is 32.0 Å². The van der Waals surface area contributed by atoms with E-state index in [1.165, 1.54) is 24.3 Å². The lowest BCUT2D eigenvalue weighted by Crippen LogP contribution is -3.15. The van der Waals surface area contributed by atoms with E-state index in [-0.39, 0.29) is 11.7 Å². The van der Waals surface area contributed by atoms with Crippen LogP contribution in [0.1, 0.15) is 11.6 Å². The van der Waals surface area contributed by atoms with Crippen molar-refractivity contribution in [1.82, 2.24) is 0 Å². The first-order chi connectivity index (χ1) is 12.9. The molecule has 0 aliphatic carbocycles. The Labute approximate surface area is 154 Å². The summed E-state index contributed by atoms with van der Waals surface area (Å²) in [5.74, 6) is -0.554. The Bertz CT molecular complexity index is 745. The summed E-state index contributed by atoms with van der Waals surface area (Å²) in [6.45, 7) is 2.56. The molecule has 8 heteroatoms. The van der Waals surface area contributed by atoms with Crippen LogP contribution in [0, 0.1) is 0 Å². The average Bonchev–Trinajstić information content (AvgIpc) is 2.64. The van der Waals surface area contributed by atoms with Crippen molar-refractivity contribution in [3.63, 3.8) is 0 Å². The van der Waals surface area contributed by atoms with Crippen LogP contribution in [0.25, 0.3) is 0 Å². The van der Waals surface area contributed by atoms with E-state index in [1.54, 1.807) is 0 Å². The van der Waals surface area contributed by atoms with E-state index in [9.17, 15) is 18.0 Å². The molecule has 0 spiro atoms. The van der Waals surface area contributed by atoms with Crippen molar-refractivity contribution in [3.8, 4) is 5.75 Å². The molecule has 1 amide bonds. The number of alkyl halides is 3. The molecule has 1 saturated heterocycles. The molecular weight excluding hydrogens is 361 g/mol. The fourth-order valence-electron chi connectivity index (χ4n) is 3.09. The summed E-state index contributed by atoms with van der Waals surface area (Å²) in [5.41, 5.74) is 1.28. The first-order valence-corrected chi connectivity index (χ1v) is 8.56. The number of nitrogens with one attached hydrogen (secondary N) is 2. The number of carbonyl (C=O) groups excluding carboxylic acids is 1. The molecule has 2 aromatic carbocycles. The first-order valence-electron chi connectivity index (χ1n) is 8.56. The highest BCUT2D eigenvalue weighted by molar-refractivity contribution is 5.94. The number of benzene rings is 2. The van der Waals surface area contributed by atoms with Gasteiger partial charge in [-0.25, -0.2) is 0 Å². The van der Waals surface area contributed by atoms with E-state index in [2.05, 4.69) is 10.1 Å². The Morgan fingerprint density at radius 1 is 1.04 bits per heavy atom. The summed E-state index contributed by atoms with van der Waals surface area (Å²) in [4.78, 5) is 14.0. The Morgan fingerprint density at radius 3 is 2.26 bits per heavy atom. The summed E-state index contributed by atoms with van der Waals surface area (Å²) in [6, 6.07) is 14.1. The van der Waals surface area contributed by atoms with Crippen LogP contribution >= 0.6 is 0 Å². The van der Waals surface area contributed by atoms with Gasteiger partial charge in [-0.1, -0.05) is 30.3 Å². The fraction of sp³-hybridized carbons (Fsp3) is 0.316. The first kappa shape index (κ1) is 19.2. The lowest BCUT2D eigenvalue weighted by Gasteiger charge is -2.30. The largest absolute Gasteiger partial charge is 0.573 e. The van der Waals surface area contributed by atoms with Crippen LogP contribution in [0.2, 0.25) is 0 Å². The second kappa shape index (κ2) is 8.41. The van der Waals surface area contributed by atoms with Gasteiger partial charge in [0.25, 0.3) is 5.91 Å². The number of halogens is 3. The standard InChI is InChI=1S/C19H19F3N2O3/c20-19(21,22)27-16-8-6-15(7-9-16)23-18(25)17(14-4-2-1-3-5-14)24-10-12-26-13-11-24/h1-9,17H,10-13H2,(H,23,25)/p+1/t17-/m1/s1. The molecule has 0 saturated carbocycles. The van der Waals surface area contributed by atoms with Crippen LogP contribution in [-0.4, -0.2) is 38.6 Å². The van der Waals surface area contributed by atoms with Gasteiger partial charge >= 0.3 is 6.36 Å². The van der Waals surface area contributed by atoms with E-state index in [0.717, 1.165) is 10.5 Å². The van der Waals surface area contributed by atoms with Crippen molar-refractivity contribution in [2.75, 3.05) is 31.6 Å². The Balaban J connectivity index is 1.74. The summed E-state index contributed by atoms with van der Waals surface area (Å²) < 4.78 is 46.0. The van der Waals surface area contributed by atoms with E-state index >= 15 is 0 Å². The predicted molar refractivity (Wildman–Crippen MR) is 92.5 cm³/mol. The SMILES string of the molecule is O=C(Nc1ccc(OC(F)(F)F)cc1)[C@@H](c1ccccc1)[NH+]1CCOCC1. The molecule has 27 heavy (non-hydrogen) atoms. The zero-order valence-electron chi connectivity index (χ0n) is 14.5. The van der Waals surface area contributed by atoms with Crippen molar-refractivity contribution in [3.05, 3.63) is 60.2 Å². The van der Waals surface area contributed by atoms with Crippen LogP contribution in [0.5, 0.6) is 5.75 Å². The van der Waals surface area contributed by atoms with Gasteiger partial charge in [0, 0.05) is 11.3 Å². The molecule has 1 heterocycles. The Morgan fingerprint density at radius 2 is 1.67 bits per heavy atom. The number of rotatable bonds is 5. The molecule has 2 N–H and O–H groups in total. The second-order valence-electron chi connectivity index (χ2n) is 6.18. The van der Waals surface area contributed by atoms with Crippen LogP contribution < -0.4 is 15.0 Å². The molecule has 1 aliphatic heterocycles. The van der Waals surface area contributed by atoms with Crippen molar-refractivity contribution in [2.45, 2.75) is 12.4 Å². The normalized spacial score (nSPS) is 16.6. The molecule has 0 radical (unpaired) electrons. The molecule has 1 aliphatic rings. The number of anilines is 1. The summed E-state index contributed by atoms with van der Waals surface area (Å²) in [6.07, 6.45) is -4.75. The predicted octanol–water partition coefficient (Wildman–Crippen LogP) is 2.18. The zero-order valence-corrected chi connectivity index (χ0v) is 14.5. The van der Waals surface area contributed by atoms with E-state index in [4.69, 9.17) is 4.74 Å². The maximum atomic E-state index is 12.9. The third kappa shape index (κ3) is 5.45. The van der Waals surface area contributed by atoms with Gasteiger partial charge in [-0.3, -0.25) is 4.79 Å². The lowest BCUT2D eigenvalue weighted by molar-refractivity contribution is -0.929. The van der Waals surface area contributed by atoms with Gasteiger partial charge in [-0.2, -0.15) is 0 Å². The van der Waals surface area contributed by atoms with Gasteiger partial charge < -0.3 is 19.7 Å². The molecule has 2 aromatic rings. The average molecular weight is 381 g/mol. The minimum atomic E-state index is -4.75. The van der Waals surface area contributed by atoms with E-state index in [1.807, 2.05) is 30.3 Å².